The van der Waals surface area contributed by atoms with Gasteiger partial charge in [-0.3, -0.25) is 0 Å². The first-order chi connectivity index (χ1) is 34.0. The van der Waals surface area contributed by atoms with Crippen LogP contribution in [0.3, 0.4) is 0 Å². The molecule has 2 atom stereocenters. The average molecular weight is 886 g/mol. The quantitative estimate of drug-likeness (QED) is 0.147. The molecule has 1 heteroatoms. The molecule has 13 rings (SSSR count). The molecular formula is C68H55N. The fraction of sp³-hybridized carbons (Fsp3) is 0.147. The summed E-state index contributed by atoms with van der Waals surface area (Å²) in [5.74, 6) is 0.560. The maximum atomic E-state index is 2.62. The molecule has 0 N–H and O–H groups in total. The molecule has 332 valence electrons. The molecule has 10 aromatic carbocycles. The minimum absolute atomic E-state index is 0.319. The molecule has 0 spiro atoms. The molecule has 0 bridgehead atoms. The Morgan fingerprint density at radius 2 is 0.855 bits per heavy atom. The molecule has 1 saturated carbocycles. The van der Waals surface area contributed by atoms with Gasteiger partial charge in [0.1, 0.15) is 0 Å². The first-order valence-corrected chi connectivity index (χ1v) is 25.1. The number of para-hydroxylation sites is 2. The largest absolute Gasteiger partial charge is 0.309 e. The molecule has 1 nitrogen and oxygen atoms in total. The Morgan fingerprint density at radius 3 is 1.57 bits per heavy atom. The van der Waals surface area contributed by atoms with Gasteiger partial charge in [-0.15, -0.1) is 0 Å². The summed E-state index contributed by atoms with van der Waals surface area (Å²) in [6, 6.07) is 87.1. The van der Waals surface area contributed by atoms with E-state index in [1.807, 2.05) is 0 Å². The molecule has 2 unspecified atom stereocenters. The van der Waals surface area contributed by atoms with E-state index in [1.54, 1.807) is 0 Å². The van der Waals surface area contributed by atoms with Crippen molar-refractivity contribution in [2.45, 2.75) is 62.7 Å². The summed E-state index contributed by atoms with van der Waals surface area (Å²) in [5, 5.41) is 2.71. The predicted octanol–water partition coefficient (Wildman–Crippen LogP) is 18.4. The van der Waals surface area contributed by atoms with Crippen LogP contribution in [0.25, 0.3) is 55.3 Å². The zero-order valence-electron chi connectivity index (χ0n) is 39.5. The van der Waals surface area contributed by atoms with E-state index < -0.39 is 0 Å². The van der Waals surface area contributed by atoms with Crippen LogP contribution in [0.2, 0.25) is 0 Å². The molecule has 1 fully saturated rings. The van der Waals surface area contributed by atoms with Crippen molar-refractivity contribution in [3.63, 3.8) is 0 Å². The lowest BCUT2D eigenvalue weighted by Crippen LogP contribution is -2.22. The molecule has 0 heterocycles. The van der Waals surface area contributed by atoms with Gasteiger partial charge in [-0.1, -0.05) is 226 Å². The third-order valence-electron chi connectivity index (χ3n) is 16.4. The normalized spacial score (nSPS) is 18.1. The highest BCUT2D eigenvalue weighted by Gasteiger charge is 2.44. The second-order valence-corrected chi connectivity index (χ2v) is 20.0. The molecular weight excluding hydrogens is 831 g/mol. The van der Waals surface area contributed by atoms with Gasteiger partial charge < -0.3 is 4.90 Å². The van der Waals surface area contributed by atoms with Crippen molar-refractivity contribution in [2.24, 2.45) is 0 Å². The number of fused-ring (bicyclic) bond motifs is 7. The van der Waals surface area contributed by atoms with E-state index in [0.717, 1.165) is 11.4 Å². The van der Waals surface area contributed by atoms with Crippen LogP contribution in [0, 0.1) is 0 Å². The van der Waals surface area contributed by atoms with Crippen LogP contribution in [0.5, 0.6) is 0 Å². The molecule has 10 aromatic rings. The van der Waals surface area contributed by atoms with Crippen molar-refractivity contribution in [3.8, 4) is 44.5 Å². The van der Waals surface area contributed by atoms with Crippen molar-refractivity contribution in [1.82, 2.24) is 0 Å². The van der Waals surface area contributed by atoms with E-state index >= 15 is 0 Å². The Hall–Kier alpha value is -7.74. The van der Waals surface area contributed by atoms with Crippen LogP contribution >= 0.6 is 0 Å². The molecule has 0 aliphatic heterocycles. The molecule has 0 saturated heterocycles. The summed E-state index contributed by atoms with van der Waals surface area (Å²) < 4.78 is 0. The van der Waals surface area contributed by atoms with Crippen LogP contribution in [-0.4, -0.2) is 0 Å². The lowest BCUT2D eigenvalue weighted by molar-refractivity contribution is 0.445. The maximum Gasteiger partial charge on any atom is 0.0543 e. The van der Waals surface area contributed by atoms with E-state index in [0.29, 0.717) is 5.92 Å². The van der Waals surface area contributed by atoms with Gasteiger partial charge in [-0.05, 0) is 134 Å². The van der Waals surface area contributed by atoms with Crippen molar-refractivity contribution < 1.29 is 0 Å². The highest BCUT2D eigenvalue weighted by atomic mass is 15.2. The number of rotatable bonds is 8. The number of nitrogens with zero attached hydrogens (tertiary/aromatic N) is 1. The zero-order valence-corrected chi connectivity index (χ0v) is 39.5. The number of benzene rings is 10. The molecule has 3 aliphatic carbocycles. The van der Waals surface area contributed by atoms with Gasteiger partial charge in [-0.25, -0.2) is 0 Å². The van der Waals surface area contributed by atoms with Gasteiger partial charge in [-0.2, -0.15) is 0 Å². The highest BCUT2D eigenvalue weighted by molar-refractivity contribution is 6.06. The lowest BCUT2D eigenvalue weighted by Gasteiger charge is -2.33. The van der Waals surface area contributed by atoms with Crippen LogP contribution in [0.4, 0.5) is 17.1 Å². The van der Waals surface area contributed by atoms with Gasteiger partial charge in [0.15, 0.2) is 0 Å². The van der Waals surface area contributed by atoms with Crippen molar-refractivity contribution in [2.75, 3.05) is 4.90 Å². The lowest BCUT2D eigenvalue weighted by atomic mass is 9.74. The van der Waals surface area contributed by atoms with Crippen LogP contribution in [0.1, 0.15) is 90.8 Å². The second-order valence-electron chi connectivity index (χ2n) is 20.0. The first-order valence-electron chi connectivity index (χ1n) is 25.1. The highest BCUT2D eigenvalue weighted by Crippen LogP contribution is 2.59. The minimum atomic E-state index is -0.352. The van der Waals surface area contributed by atoms with Crippen LogP contribution in [-0.2, 0) is 10.8 Å². The van der Waals surface area contributed by atoms with Gasteiger partial charge in [0.2, 0.25) is 0 Å². The van der Waals surface area contributed by atoms with Crippen molar-refractivity contribution in [1.29, 1.82) is 0 Å². The summed E-state index contributed by atoms with van der Waals surface area (Å²) in [6.07, 6.45) is 6.43. The standard InChI is InChI=1S/C68H55N/c1-67(49-27-8-4-9-28-49)59-38-17-13-34-57(59)66-60(67)39-22-42-64(66)69(63-41-19-15-33-55(63)56-36-21-26-47-25-20-35-52(65(47)56)46-23-6-3-7-24-46)62-40-18-14-31-51(62)48-43-44-54-53-32-12-16-37-58(53)68(2,61(54)45-48)50-29-10-5-11-30-50/h4-5,8-22,25-46H,3,6-7,23-24H2,1-2H3. The van der Waals surface area contributed by atoms with Gasteiger partial charge in [0.25, 0.3) is 0 Å². The second kappa shape index (κ2) is 16.5. The summed E-state index contributed by atoms with van der Waals surface area (Å²) in [6.45, 7) is 4.85. The Kier molecular flexibility index (Phi) is 9.91. The van der Waals surface area contributed by atoms with E-state index in [4.69, 9.17) is 0 Å². The van der Waals surface area contributed by atoms with Crippen LogP contribution in [0.15, 0.2) is 231 Å². The minimum Gasteiger partial charge on any atom is -0.309 e. The predicted molar refractivity (Wildman–Crippen MR) is 290 cm³/mol. The average Bonchev–Trinajstić information content (AvgIpc) is 3.85. The van der Waals surface area contributed by atoms with E-state index in [2.05, 4.69) is 249 Å². The number of anilines is 3. The third kappa shape index (κ3) is 6.37. The van der Waals surface area contributed by atoms with E-state index in [1.165, 1.54) is 132 Å². The Bertz CT molecular complexity index is 3570. The molecule has 3 aliphatic rings. The van der Waals surface area contributed by atoms with Crippen LogP contribution < -0.4 is 4.90 Å². The maximum absolute atomic E-state index is 2.62. The van der Waals surface area contributed by atoms with Gasteiger partial charge >= 0.3 is 0 Å². The Labute approximate surface area is 407 Å². The number of hydrogen-bond acceptors (Lipinski definition) is 1. The van der Waals surface area contributed by atoms with Crippen molar-refractivity contribution >= 4 is 27.8 Å². The van der Waals surface area contributed by atoms with Gasteiger partial charge in [0.05, 0.1) is 17.1 Å². The Morgan fingerprint density at radius 1 is 0.362 bits per heavy atom. The molecule has 0 radical (unpaired) electrons. The summed E-state index contributed by atoms with van der Waals surface area (Å²) in [5.41, 5.74) is 22.4. The third-order valence-corrected chi connectivity index (χ3v) is 16.4. The zero-order chi connectivity index (χ0) is 46.1. The SMILES string of the molecule is CC1(c2ccccc2)c2ccccc2-c2ccc(-c3ccccc3N(c3ccccc3-c3cccc4cccc(C5CCCCC5)c34)c3cccc4c3-c3ccccc3C4(C)c3ccccc3)cc21. The van der Waals surface area contributed by atoms with Crippen molar-refractivity contribution in [3.05, 3.63) is 269 Å². The molecule has 0 aromatic heterocycles. The fourth-order valence-corrected chi connectivity index (χ4v) is 13.1. The topological polar surface area (TPSA) is 3.24 Å². The van der Waals surface area contributed by atoms with E-state index in [9.17, 15) is 0 Å². The smallest absolute Gasteiger partial charge is 0.0543 e. The summed E-state index contributed by atoms with van der Waals surface area (Å²) in [7, 11) is 0. The Balaban J connectivity index is 1.09. The van der Waals surface area contributed by atoms with Gasteiger partial charge in [0, 0.05) is 27.5 Å². The monoisotopic (exact) mass is 885 g/mol. The number of hydrogen-bond donors (Lipinski definition) is 0. The summed E-state index contributed by atoms with van der Waals surface area (Å²) >= 11 is 0. The van der Waals surface area contributed by atoms with E-state index in [-0.39, 0.29) is 10.8 Å². The molecule has 69 heavy (non-hydrogen) atoms. The fourth-order valence-electron chi connectivity index (χ4n) is 13.1. The first kappa shape index (κ1) is 41.4. The molecule has 0 amide bonds. The summed E-state index contributed by atoms with van der Waals surface area (Å²) in [4.78, 5) is 2.62.